The largest absolute Gasteiger partial charge is 0.356 e. The van der Waals surface area contributed by atoms with Crippen molar-refractivity contribution in [3.05, 3.63) is 0 Å². The number of carbonyl (C=O) groups excluding carboxylic acids is 2. The Kier molecular flexibility index (Phi) is 9.62. The van der Waals surface area contributed by atoms with Crippen LogP contribution in [0, 0.1) is 5.41 Å². The number of rotatable bonds is 7. The van der Waals surface area contributed by atoms with Crippen LogP contribution < -0.4 is 16.0 Å². The Morgan fingerprint density at radius 2 is 1.71 bits per heavy atom. The number of hydrogen-bond acceptors (Lipinski definition) is 3. The van der Waals surface area contributed by atoms with E-state index in [1.807, 2.05) is 13.8 Å². The van der Waals surface area contributed by atoms with E-state index in [0.29, 0.717) is 19.3 Å². The molecule has 2 amide bonds. The van der Waals surface area contributed by atoms with Crippen LogP contribution in [0.5, 0.6) is 0 Å². The molecule has 21 heavy (non-hydrogen) atoms. The predicted octanol–water partition coefficient (Wildman–Crippen LogP) is 1.61. The molecule has 0 spiro atoms. The summed E-state index contributed by atoms with van der Waals surface area (Å²) in [7, 11) is 0. The van der Waals surface area contributed by atoms with Crippen LogP contribution in [-0.4, -0.2) is 37.5 Å². The predicted molar refractivity (Wildman–Crippen MR) is 87.6 cm³/mol. The van der Waals surface area contributed by atoms with Crippen LogP contribution in [0.4, 0.5) is 0 Å². The van der Waals surface area contributed by atoms with Gasteiger partial charge in [0.2, 0.25) is 11.8 Å². The van der Waals surface area contributed by atoms with Crippen molar-refractivity contribution >= 4 is 24.2 Å². The lowest BCUT2D eigenvalue weighted by atomic mass is 9.81. The van der Waals surface area contributed by atoms with Gasteiger partial charge in [0, 0.05) is 25.4 Å². The maximum atomic E-state index is 11.8. The summed E-state index contributed by atoms with van der Waals surface area (Å²) in [6.45, 7) is 8.90. The van der Waals surface area contributed by atoms with Crippen LogP contribution >= 0.6 is 12.4 Å². The Hall–Kier alpha value is -0.810. The SMILES string of the molecule is CC(C)NC(=O)CCCC(=O)NCC1(C)CCNCC1.Cl. The molecule has 0 bridgehead atoms. The van der Waals surface area contributed by atoms with Crippen LogP contribution in [0.3, 0.4) is 0 Å². The van der Waals surface area contributed by atoms with E-state index < -0.39 is 0 Å². The molecule has 0 radical (unpaired) electrons. The molecule has 0 saturated carbocycles. The highest BCUT2D eigenvalue weighted by Crippen LogP contribution is 2.26. The molecular weight excluding hydrogens is 290 g/mol. The Morgan fingerprint density at radius 1 is 1.14 bits per heavy atom. The van der Waals surface area contributed by atoms with Crippen molar-refractivity contribution in [1.82, 2.24) is 16.0 Å². The first kappa shape index (κ1) is 20.2. The van der Waals surface area contributed by atoms with E-state index in [2.05, 4.69) is 22.9 Å². The van der Waals surface area contributed by atoms with Crippen molar-refractivity contribution in [3.8, 4) is 0 Å². The first-order valence-electron chi connectivity index (χ1n) is 7.68. The summed E-state index contributed by atoms with van der Waals surface area (Å²) in [5.74, 6) is 0.0835. The molecule has 0 aromatic carbocycles. The van der Waals surface area contributed by atoms with E-state index in [1.54, 1.807) is 0 Å². The number of halogens is 1. The second kappa shape index (κ2) is 10.0. The van der Waals surface area contributed by atoms with Gasteiger partial charge in [-0.25, -0.2) is 0 Å². The number of amides is 2. The third-order valence-corrected chi connectivity index (χ3v) is 3.78. The van der Waals surface area contributed by atoms with Crippen molar-refractivity contribution in [3.63, 3.8) is 0 Å². The highest BCUT2D eigenvalue weighted by atomic mass is 35.5. The van der Waals surface area contributed by atoms with Crippen molar-refractivity contribution in [2.45, 2.75) is 58.9 Å². The molecule has 0 aliphatic carbocycles. The van der Waals surface area contributed by atoms with E-state index in [9.17, 15) is 9.59 Å². The van der Waals surface area contributed by atoms with E-state index >= 15 is 0 Å². The molecule has 1 rings (SSSR count). The van der Waals surface area contributed by atoms with E-state index in [1.165, 1.54) is 0 Å². The van der Waals surface area contributed by atoms with E-state index in [-0.39, 0.29) is 35.7 Å². The fourth-order valence-corrected chi connectivity index (χ4v) is 2.41. The first-order chi connectivity index (χ1) is 9.41. The topological polar surface area (TPSA) is 70.2 Å². The van der Waals surface area contributed by atoms with Gasteiger partial charge >= 0.3 is 0 Å². The van der Waals surface area contributed by atoms with Gasteiger partial charge in [-0.1, -0.05) is 6.92 Å². The Bertz CT molecular complexity index is 329. The Morgan fingerprint density at radius 3 is 2.29 bits per heavy atom. The summed E-state index contributed by atoms with van der Waals surface area (Å²) in [6.07, 6.45) is 3.67. The molecule has 1 aliphatic heterocycles. The Balaban J connectivity index is 0.00000400. The zero-order valence-electron chi connectivity index (χ0n) is 13.5. The van der Waals surface area contributed by atoms with Gasteiger partial charge in [-0.15, -0.1) is 12.4 Å². The number of hydrogen-bond donors (Lipinski definition) is 3. The third kappa shape index (κ3) is 8.94. The minimum absolute atomic E-state index is 0. The standard InChI is InChI=1S/C15H29N3O2.ClH/c1-12(2)18-14(20)6-4-5-13(19)17-11-15(3)7-9-16-10-8-15;/h12,16H,4-11H2,1-3H3,(H,17,19)(H,18,20);1H. The van der Waals surface area contributed by atoms with Gasteiger partial charge in [-0.3, -0.25) is 9.59 Å². The summed E-state index contributed by atoms with van der Waals surface area (Å²) in [4.78, 5) is 23.2. The normalized spacial score (nSPS) is 17.0. The van der Waals surface area contributed by atoms with Gasteiger partial charge in [0.05, 0.1) is 0 Å². The fraction of sp³-hybridized carbons (Fsp3) is 0.867. The maximum absolute atomic E-state index is 11.8. The van der Waals surface area contributed by atoms with Crippen molar-refractivity contribution in [2.24, 2.45) is 5.41 Å². The number of carbonyl (C=O) groups is 2. The quantitative estimate of drug-likeness (QED) is 0.667. The van der Waals surface area contributed by atoms with Gasteiger partial charge in [-0.2, -0.15) is 0 Å². The van der Waals surface area contributed by atoms with Crippen LogP contribution in [0.25, 0.3) is 0 Å². The fourth-order valence-electron chi connectivity index (χ4n) is 2.41. The average Bonchev–Trinajstić information content (AvgIpc) is 2.36. The molecule has 0 aromatic rings. The van der Waals surface area contributed by atoms with Crippen LogP contribution in [0.2, 0.25) is 0 Å². The molecule has 1 heterocycles. The van der Waals surface area contributed by atoms with Crippen molar-refractivity contribution in [2.75, 3.05) is 19.6 Å². The molecule has 0 aromatic heterocycles. The molecule has 5 nitrogen and oxygen atoms in total. The highest BCUT2D eigenvalue weighted by molar-refractivity contribution is 5.85. The summed E-state index contributed by atoms with van der Waals surface area (Å²) >= 11 is 0. The third-order valence-electron chi connectivity index (χ3n) is 3.78. The lowest BCUT2D eigenvalue weighted by Gasteiger charge is -2.34. The maximum Gasteiger partial charge on any atom is 0.220 e. The summed E-state index contributed by atoms with van der Waals surface area (Å²) in [5.41, 5.74) is 0.218. The van der Waals surface area contributed by atoms with Crippen LogP contribution in [0.1, 0.15) is 52.9 Å². The molecule has 0 atom stereocenters. The lowest BCUT2D eigenvalue weighted by Crippen LogP contribution is -2.42. The van der Waals surface area contributed by atoms with Gasteiger partial charge in [-0.05, 0) is 51.6 Å². The first-order valence-corrected chi connectivity index (χ1v) is 7.68. The summed E-state index contributed by atoms with van der Waals surface area (Å²) in [6, 6.07) is 0.163. The minimum atomic E-state index is 0. The van der Waals surface area contributed by atoms with Gasteiger partial charge in [0.25, 0.3) is 0 Å². The highest BCUT2D eigenvalue weighted by Gasteiger charge is 2.26. The molecular formula is C15H30ClN3O2. The van der Waals surface area contributed by atoms with Crippen LogP contribution in [-0.2, 0) is 9.59 Å². The van der Waals surface area contributed by atoms with E-state index in [4.69, 9.17) is 0 Å². The lowest BCUT2D eigenvalue weighted by molar-refractivity contribution is -0.123. The molecule has 1 fully saturated rings. The molecule has 6 heteroatoms. The average molecular weight is 320 g/mol. The van der Waals surface area contributed by atoms with E-state index in [0.717, 1.165) is 32.5 Å². The van der Waals surface area contributed by atoms with Crippen LogP contribution in [0.15, 0.2) is 0 Å². The number of piperidine rings is 1. The second-order valence-electron chi connectivity index (χ2n) is 6.41. The smallest absolute Gasteiger partial charge is 0.220 e. The van der Waals surface area contributed by atoms with Crippen molar-refractivity contribution < 1.29 is 9.59 Å². The second-order valence-corrected chi connectivity index (χ2v) is 6.41. The summed E-state index contributed by atoms with van der Waals surface area (Å²) in [5, 5.41) is 9.17. The molecule has 1 saturated heterocycles. The van der Waals surface area contributed by atoms with Gasteiger partial charge in [0.1, 0.15) is 0 Å². The molecule has 0 unspecified atom stereocenters. The van der Waals surface area contributed by atoms with Crippen molar-refractivity contribution in [1.29, 1.82) is 0 Å². The zero-order chi connectivity index (χ0) is 15.0. The molecule has 1 aliphatic rings. The Labute approximate surface area is 134 Å². The van der Waals surface area contributed by atoms with Gasteiger partial charge < -0.3 is 16.0 Å². The monoisotopic (exact) mass is 319 g/mol. The molecule has 124 valence electrons. The molecule has 3 N–H and O–H groups in total. The zero-order valence-corrected chi connectivity index (χ0v) is 14.3. The minimum Gasteiger partial charge on any atom is -0.356 e. The van der Waals surface area contributed by atoms with Gasteiger partial charge in [0.15, 0.2) is 0 Å². The summed E-state index contributed by atoms with van der Waals surface area (Å²) < 4.78 is 0. The number of nitrogens with one attached hydrogen (secondary N) is 3.